The number of amides is 1. The van der Waals surface area contributed by atoms with Crippen LogP contribution in [0.1, 0.15) is 40.2 Å². The second-order valence-electron chi connectivity index (χ2n) is 14.6. The zero-order valence-electron chi connectivity index (χ0n) is 31.2. The van der Waals surface area contributed by atoms with Gasteiger partial charge in [-0.2, -0.15) is 0 Å². The summed E-state index contributed by atoms with van der Waals surface area (Å²) in [6.45, 7) is 12.8. The Hall–Kier alpha value is -5.06. The normalized spacial score (nSPS) is 16.7. The number of fused-ring (bicyclic) bond motifs is 1. The van der Waals surface area contributed by atoms with E-state index in [1.807, 2.05) is 118 Å². The van der Waals surface area contributed by atoms with Gasteiger partial charge >= 0.3 is 6.09 Å². The number of benzene rings is 5. The van der Waals surface area contributed by atoms with Crippen LogP contribution in [-0.4, -0.2) is 74.5 Å². The van der Waals surface area contributed by atoms with Crippen molar-refractivity contribution in [2.45, 2.75) is 63.8 Å². The molecule has 0 spiro atoms. The number of carbonyl (C=O) groups is 1. The van der Waals surface area contributed by atoms with Crippen LogP contribution in [0.25, 0.3) is 21.9 Å². The van der Waals surface area contributed by atoms with Gasteiger partial charge in [0.2, 0.25) is 0 Å². The largest absolute Gasteiger partial charge is 0.492 e. The summed E-state index contributed by atoms with van der Waals surface area (Å²) in [5.41, 5.74) is 2.21. The van der Waals surface area contributed by atoms with Crippen molar-refractivity contribution < 1.29 is 32.2 Å². The fourth-order valence-electron chi connectivity index (χ4n) is 6.42. The molecule has 0 bridgehead atoms. The number of hydrogen-bond acceptors (Lipinski definition) is 8. The van der Waals surface area contributed by atoms with Gasteiger partial charge in [0.25, 0.3) is 0 Å². The van der Waals surface area contributed by atoms with Crippen LogP contribution in [0.15, 0.2) is 114 Å². The molecule has 0 saturated carbocycles. The molecule has 1 fully saturated rings. The first-order valence-corrected chi connectivity index (χ1v) is 19.8. The molecular weight excluding hydrogens is 689 g/mol. The Kier molecular flexibility index (Phi) is 11.3. The van der Waals surface area contributed by atoms with E-state index in [0.29, 0.717) is 31.3 Å². The first-order valence-electron chi connectivity index (χ1n) is 17.9. The van der Waals surface area contributed by atoms with Crippen LogP contribution in [0.5, 0.6) is 23.0 Å². The lowest BCUT2D eigenvalue weighted by Crippen LogP contribution is -2.59. The van der Waals surface area contributed by atoms with Gasteiger partial charge in [-0.3, -0.25) is 4.90 Å². The number of carbonyl (C=O) groups excluding carboxylic acids is 1. The molecule has 0 N–H and O–H groups in total. The summed E-state index contributed by atoms with van der Waals surface area (Å²) < 4.78 is 48.8. The van der Waals surface area contributed by atoms with E-state index in [-0.39, 0.29) is 23.1 Å². The SMILES string of the molecule is CC1CN(C(=O)OC(C)(C)C)C(C)CN1CCOc1ccc(Oc2c(-c3ccc(S(C)(=O)=O)cc3)ccc3cc(OCc4ccccc4)ccc23)cc1. The molecule has 0 aliphatic carbocycles. The van der Waals surface area contributed by atoms with Crippen molar-refractivity contribution in [2.24, 2.45) is 0 Å². The van der Waals surface area contributed by atoms with Gasteiger partial charge in [-0.25, -0.2) is 13.2 Å². The van der Waals surface area contributed by atoms with Gasteiger partial charge in [-0.1, -0.05) is 48.5 Å². The summed E-state index contributed by atoms with van der Waals surface area (Å²) in [4.78, 5) is 17.1. The molecule has 53 heavy (non-hydrogen) atoms. The van der Waals surface area contributed by atoms with Gasteiger partial charge in [0.1, 0.15) is 41.8 Å². The Bertz CT molecular complexity index is 2130. The number of hydrogen-bond donors (Lipinski definition) is 0. The molecule has 1 saturated heterocycles. The van der Waals surface area contributed by atoms with E-state index in [0.717, 1.165) is 52.1 Å². The van der Waals surface area contributed by atoms with Gasteiger partial charge in [0, 0.05) is 48.9 Å². The van der Waals surface area contributed by atoms with Crippen LogP contribution >= 0.6 is 0 Å². The molecule has 1 heterocycles. The number of nitrogens with zero attached hydrogens (tertiary/aromatic N) is 2. The third kappa shape index (κ3) is 9.68. The lowest BCUT2D eigenvalue weighted by molar-refractivity contribution is -0.0119. The zero-order chi connectivity index (χ0) is 37.8. The monoisotopic (exact) mass is 736 g/mol. The maximum Gasteiger partial charge on any atom is 0.410 e. The molecule has 5 aromatic carbocycles. The summed E-state index contributed by atoms with van der Waals surface area (Å²) in [7, 11) is -3.34. The molecule has 2 atom stereocenters. The van der Waals surface area contributed by atoms with Crippen LogP contribution in [0.3, 0.4) is 0 Å². The van der Waals surface area contributed by atoms with E-state index < -0.39 is 15.4 Å². The maximum atomic E-state index is 12.7. The molecule has 5 aromatic rings. The van der Waals surface area contributed by atoms with E-state index in [1.54, 1.807) is 24.3 Å². The van der Waals surface area contributed by atoms with Crippen molar-refractivity contribution in [1.29, 1.82) is 0 Å². The Labute approximate surface area is 313 Å². The Morgan fingerprint density at radius 1 is 0.774 bits per heavy atom. The Morgan fingerprint density at radius 2 is 1.45 bits per heavy atom. The summed E-state index contributed by atoms with van der Waals surface area (Å²) in [6.07, 6.45) is 0.932. The Morgan fingerprint density at radius 3 is 2.13 bits per heavy atom. The molecule has 10 heteroatoms. The molecule has 278 valence electrons. The second kappa shape index (κ2) is 15.9. The summed E-state index contributed by atoms with van der Waals surface area (Å²) in [6, 6.07) is 34.5. The van der Waals surface area contributed by atoms with Crippen LogP contribution < -0.4 is 14.2 Å². The van der Waals surface area contributed by atoms with Gasteiger partial charge in [-0.05, 0) is 112 Å². The van der Waals surface area contributed by atoms with Crippen molar-refractivity contribution >= 4 is 26.7 Å². The molecule has 2 unspecified atom stereocenters. The molecular formula is C43H48N2O7S. The first kappa shape index (κ1) is 37.7. The van der Waals surface area contributed by atoms with Crippen LogP contribution in [0.2, 0.25) is 0 Å². The van der Waals surface area contributed by atoms with Gasteiger partial charge in [0.15, 0.2) is 9.84 Å². The van der Waals surface area contributed by atoms with E-state index in [9.17, 15) is 13.2 Å². The molecule has 1 aliphatic rings. The quantitative estimate of drug-likeness (QED) is 0.133. The van der Waals surface area contributed by atoms with Crippen molar-refractivity contribution in [3.05, 3.63) is 115 Å². The number of rotatable bonds is 11. The van der Waals surface area contributed by atoms with Gasteiger partial charge in [0.05, 0.1) is 4.90 Å². The predicted octanol–water partition coefficient (Wildman–Crippen LogP) is 8.99. The number of sulfone groups is 1. The third-order valence-corrected chi connectivity index (χ3v) is 10.3. The van der Waals surface area contributed by atoms with Crippen molar-refractivity contribution in [3.8, 4) is 34.1 Å². The highest BCUT2D eigenvalue weighted by molar-refractivity contribution is 7.90. The predicted molar refractivity (Wildman–Crippen MR) is 209 cm³/mol. The molecule has 1 aliphatic heterocycles. The van der Waals surface area contributed by atoms with Gasteiger partial charge < -0.3 is 23.8 Å². The van der Waals surface area contributed by atoms with Crippen molar-refractivity contribution in [1.82, 2.24) is 9.80 Å². The van der Waals surface area contributed by atoms with E-state index in [2.05, 4.69) is 11.8 Å². The highest BCUT2D eigenvalue weighted by Gasteiger charge is 2.34. The molecule has 0 radical (unpaired) electrons. The lowest BCUT2D eigenvalue weighted by atomic mass is 9.99. The highest BCUT2D eigenvalue weighted by Crippen LogP contribution is 2.41. The fourth-order valence-corrected chi connectivity index (χ4v) is 7.05. The number of ether oxygens (including phenoxy) is 4. The van der Waals surface area contributed by atoms with Crippen molar-refractivity contribution in [3.63, 3.8) is 0 Å². The van der Waals surface area contributed by atoms with Crippen LogP contribution in [0.4, 0.5) is 4.79 Å². The molecule has 9 nitrogen and oxygen atoms in total. The Balaban J connectivity index is 1.15. The minimum Gasteiger partial charge on any atom is -0.492 e. The van der Waals surface area contributed by atoms with Gasteiger partial charge in [-0.15, -0.1) is 0 Å². The summed E-state index contributed by atoms with van der Waals surface area (Å²) in [5.74, 6) is 2.74. The van der Waals surface area contributed by atoms with Crippen molar-refractivity contribution in [2.75, 3.05) is 32.5 Å². The average Bonchev–Trinajstić information content (AvgIpc) is 3.12. The molecule has 6 rings (SSSR count). The first-order chi connectivity index (χ1) is 25.2. The minimum atomic E-state index is -3.34. The minimum absolute atomic E-state index is 0.0301. The van der Waals surface area contributed by atoms with Crippen LogP contribution in [0, 0.1) is 0 Å². The van der Waals surface area contributed by atoms with Crippen LogP contribution in [-0.2, 0) is 21.2 Å². The summed E-state index contributed by atoms with van der Waals surface area (Å²) >= 11 is 0. The maximum absolute atomic E-state index is 12.7. The fraction of sp³-hybridized carbons (Fsp3) is 0.326. The third-order valence-electron chi connectivity index (χ3n) is 9.22. The lowest BCUT2D eigenvalue weighted by Gasteiger charge is -2.44. The van der Waals surface area contributed by atoms with E-state index in [4.69, 9.17) is 18.9 Å². The van der Waals surface area contributed by atoms with E-state index in [1.165, 1.54) is 6.26 Å². The number of piperazine rings is 1. The topological polar surface area (TPSA) is 94.6 Å². The second-order valence-corrected chi connectivity index (χ2v) is 16.7. The standard InChI is InChI=1S/C43H48N2O7S/c1-30-28-45(42(46)52-43(3,4)5)31(2)27-44(30)24-25-49-35-15-17-36(18-16-35)51-41-39(33-12-20-38(21-13-33)53(6,47)48)22-14-34-26-37(19-23-40(34)41)50-29-32-10-8-7-9-11-32/h7-23,26,30-31H,24-25,27-29H2,1-6H3. The highest BCUT2D eigenvalue weighted by atomic mass is 32.2. The molecule has 1 amide bonds. The molecule has 0 aromatic heterocycles. The zero-order valence-corrected chi connectivity index (χ0v) is 32.1. The van der Waals surface area contributed by atoms with E-state index >= 15 is 0 Å². The summed E-state index contributed by atoms with van der Waals surface area (Å²) in [5, 5.41) is 1.83. The smallest absolute Gasteiger partial charge is 0.410 e. The average molecular weight is 737 g/mol.